The average molecular weight is 181 g/mol. The van der Waals surface area contributed by atoms with E-state index in [9.17, 15) is 4.79 Å². The maximum absolute atomic E-state index is 10.8. The molecule has 1 saturated heterocycles. The monoisotopic (exact) mass is 181 g/mol. The van der Waals surface area contributed by atoms with Crippen LogP contribution in [0.1, 0.15) is 11.7 Å². The number of hydrogen-bond donors (Lipinski definition) is 2. The van der Waals surface area contributed by atoms with Gasteiger partial charge >= 0.3 is 5.97 Å². The van der Waals surface area contributed by atoms with Gasteiger partial charge in [-0.05, 0) is 12.1 Å². The predicted octanol–water partition coefficient (Wildman–Crippen LogP) is 0.667. The Hall–Kier alpha value is -1.29. The first kappa shape index (κ1) is 8.31. The van der Waals surface area contributed by atoms with Crippen LogP contribution < -0.4 is 5.32 Å². The lowest BCUT2D eigenvalue weighted by Crippen LogP contribution is -2.20. The first-order valence-corrected chi connectivity index (χ1v) is 4.26. The van der Waals surface area contributed by atoms with Crippen molar-refractivity contribution >= 4 is 5.97 Å². The van der Waals surface area contributed by atoms with E-state index >= 15 is 0 Å². The maximum Gasteiger partial charge on any atom is 0.308 e. The van der Waals surface area contributed by atoms with Crippen LogP contribution in [0.3, 0.4) is 0 Å². The molecule has 13 heavy (non-hydrogen) atoms. The molecule has 0 aromatic carbocycles. The van der Waals surface area contributed by atoms with E-state index in [-0.39, 0.29) is 11.8 Å². The Morgan fingerprint density at radius 2 is 2.46 bits per heavy atom. The number of rotatable bonds is 2. The van der Waals surface area contributed by atoms with E-state index in [1.165, 1.54) is 0 Å². The summed E-state index contributed by atoms with van der Waals surface area (Å²) in [7, 11) is 0. The van der Waals surface area contributed by atoms with Gasteiger partial charge in [0, 0.05) is 19.0 Å². The van der Waals surface area contributed by atoms with Gasteiger partial charge in [-0.3, -0.25) is 4.79 Å². The molecule has 2 heterocycles. The standard InChI is InChI=1S/C9H11NO3/c11-9(12)7-5-10-4-6(7)8-2-1-3-13-8/h1-3,6-7,10H,4-5H2,(H,11,12). The molecule has 1 aromatic heterocycles. The fourth-order valence-corrected chi connectivity index (χ4v) is 1.74. The van der Waals surface area contributed by atoms with Gasteiger partial charge in [-0.2, -0.15) is 0 Å². The number of carboxylic acid groups (broad SMARTS) is 1. The van der Waals surface area contributed by atoms with Crippen LogP contribution in [0.2, 0.25) is 0 Å². The minimum absolute atomic E-state index is 0.0208. The number of furan rings is 1. The zero-order chi connectivity index (χ0) is 9.26. The molecule has 70 valence electrons. The van der Waals surface area contributed by atoms with Crippen molar-refractivity contribution in [3.8, 4) is 0 Å². The lowest BCUT2D eigenvalue weighted by atomic mass is 9.94. The van der Waals surface area contributed by atoms with Gasteiger partial charge in [-0.1, -0.05) is 0 Å². The summed E-state index contributed by atoms with van der Waals surface area (Å²) in [6.07, 6.45) is 1.58. The third kappa shape index (κ3) is 1.45. The summed E-state index contributed by atoms with van der Waals surface area (Å²) in [4.78, 5) is 10.8. The van der Waals surface area contributed by atoms with E-state index in [1.807, 2.05) is 6.07 Å². The topological polar surface area (TPSA) is 62.5 Å². The highest BCUT2D eigenvalue weighted by atomic mass is 16.4. The summed E-state index contributed by atoms with van der Waals surface area (Å²) in [5, 5.41) is 12.0. The van der Waals surface area contributed by atoms with Gasteiger partial charge in [-0.15, -0.1) is 0 Å². The maximum atomic E-state index is 10.8. The van der Waals surface area contributed by atoms with E-state index < -0.39 is 5.97 Å². The van der Waals surface area contributed by atoms with E-state index in [2.05, 4.69) is 5.32 Å². The summed E-state index contributed by atoms with van der Waals surface area (Å²) in [5.74, 6) is -0.373. The van der Waals surface area contributed by atoms with Gasteiger partial charge in [0.1, 0.15) is 5.76 Å². The highest BCUT2D eigenvalue weighted by molar-refractivity contribution is 5.72. The van der Waals surface area contributed by atoms with Crippen LogP contribution in [-0.4, -0.2) is 24.2 Å². The Bertz CT molecular complexity index is 294. The van der Waals surface area contributed by atoms with Crippen LogP contribution >= 0.6 is 0 Å². The largest absolute Gasteiger partial charge is 0.481 e. The second-order valence-electron chi connectivity index (χ2n) is 3.22. The van der Waals surface area contributed by atoms with Gasteiger partial charge in [0.2, 0.25) is 0 Å². The van der Waals surface area contributed by atoms with Gasteiger partial charge in [0.05, 0.1) is 12.2 Å². The normalized spacial score (nSPS) is 27.7. The molecule has 2 rings (SSSR count). The molecule has 1 fully saturated rings. The van der Waals surface area contributed by atoms with E-state index in [0.29, 0.717) is 13.1 Å². The number of nitrogens with one attached hydrogen (secondary N) is 1. The first-order chi connectivity index (χ1) is 6.29. The van der Waals surface area contributed by atoms with Crippen LogP contribution in [0.25, 0.3) is 0 Å². The Morgan fingerprint density at radius 3 is 3.08 bits per heavy atom. The number of aliphatic carboxylic acids is 1. The summed E-state index contributed by atoms with van der Waals surface area (Å²) >= 11 is 0. The summed E-state index contributed by atoms with van der Waals surface area (Å²) < 4.78 is 5.19. The van der Waals surface area contributed by atoms with Crippen molar-refractivity contribution in [3.63, 3.8) is 0 Å². The molecule has 0 radical (unpaired) electrons. The van der Waals surface area contributed by atoms with Gasteiger partial charge < -0.3 is 14.8 Å². The molecule has 0 spiro atoms. The summed E-state index contributed by atoms with van der Waals surface area (Å²) in [5.41, 5.74) is 0. The average Bonchev–Trinajstić information content (AvgIpc) is 2.74. The molecule has 1 aliphatic heterocycles. The van der Waals surface area contributed by atoms with Gasteiger partial charge in [-0.25, -0.2) is 0 Å². The number of carbonyl (C=O) groups is 1. The van der Waals surface area contributed by atoms with Crippen molar-refractivity contribution in [3.05, 3.63) is 24.2 Å². The quantitative estimate of drug-likeness (QED) is 0.703. The fraction of sp³-hybridized carbons (Fsp3) is 0.444. The first-order valence-electron chi connectivity index (χ1n) is 4.26. The molecule has 1 aliphatic rings. The van der Waals surface area contributed by atoms with Crippen LogP contribution in [0.5, 0.6) is 0 Å². The smallest absolute Gasteiger partial charge is 0.308 e. The van der Waals surface area contributed by atoms with Crippen molar-refractivity contribution in [2.45, 2.75) is 5.92 Å². The summed E-state index contributed by atoms with van der Waals surface area (Å²) in [6.45, 7) is 1.21. The molecule has 2 atom stereocenters. The molecule has 4 heteroatoms. The minimum Gasteiger partial charge on any atom is -0.481 e. The van der Waals surface area contributed by atoms with Crippen LogP contribution in [0.15, 0.2) is 22.8 Å². The zero-order valence-electron chi connectivity index (χ0n) is 7.06. The second kappa shape index (κ2) is 3.22. The van der Waals surface area contributed by atoms with E-state index in [4.69, 9.17) is 9.52 Å². The molecular weight excluding hydrogens is 170 g/mol. The number of hydrogen-bond acceptors (Lipinski definition) is 3. The minimum atomic E-state index is -0.758. The number of carboxylic acids is 1. The lowest BCUT2D eigenvalue weighted by Gasteiger charge is -2.10. The Kier molecular flexibility index (Phi) is 2.06. The Balaban J connectivity index is 2.19. The molecular formula is C9H11NO3. The zero-order valence-corrected chi connectivity index (χ0v) is 7.06. The highest BCUT2D eigenvalue weighted by Crippen LogP contribution is 2.28. The van der Waals surface area contributed by atoms with Crippen LogP contribution in [-0.2, 0) is 4.79 Å². The van der Waals surface area contributed by atoms with E-state index in [0.717, 1.165) is 5.76 Å². The third-order valence-electron chi connectivity index (χ3n) is 2.44. The summed E-state index contributed by atoms with van der Waals surface area (Å²) in [6, 6.07) is 3.61. The molecule has 0 saturated carbocycles. The van der Waals surface area contributed by atoms with Crippen molar-refractivity contribution in [2.24, 2.45) is 5.92 Å². The molecule has 4 nitrogen and oxygen atoms in total. The molecule has 0 bridgehead atoms. The van der Waals surface area contributed by atoms with Crippen molar-refractivity contribution in [1.82, 2.24) is 5.32 Å². The van der Waals surface area contributed by atoms with Crippen molar-refractivity contribution in [2.75, 3.05) is 13.1 Å². The van der Waals surface area contributed by atoms with E-state index in [1.54, 1.807) is 12.3 Å². The molecule has 0 aliphatic carbocycles. The van der Waals surface area contributed by atoms with Crippen molar-refractivity contribution < 1.29 is 14.3 Å². The Labute approximate surface area is 75.6 Å². The third-order valence-corrected chi connectivity index (χ3v) is 2.44. The second-order valence-corrected chi connectivity index (χ2v) is 3.22. The van der Waals surface area contributed by atoms with Crippen LogP contribution in [0.4, 0.5) is 0 Å². The molecule has 1 aromatic rings. The molecule has 2 N–H and O–H groups in total. The molecule has 0 amide bonds. The van der Waals surface area contributed by atoms with Gasteiger partial charge in [0.25, 0.3) is 0 Å². The van der Waals surface area contributed by atoms with Crippen molar-refractivity contribution in [1.29, 1.82) is 0 Å². The molecule has 2 unspecified atom stereocenters. The fourth-order valence-electron chi connectivity index (χ4n) is 1.74. The lowest BCUT2D eigenvalue weighted by molar-refractivity contribution is -0.141. The Morgan fingerprint density at radius 1 is 1.62 bits per heavy atom. The SMILES string of the molecule is O=C(O)C1CNCC1c1ccco1. The highest BCUT2D eigenvalue weighted by Gasteiger charge is 2.35. The predicted molar refractivity (Wildman–Crippen MR) is 45.4 cm³/mol. The van der Waals surface area contributed by atoms with Gasteiger partial charge in [0.15, 0.2) is 0 Å². The van der Waals surface area contributed by atoms with Crippen LogP contribution in [0, 0.1) is 5.92 Å².